The summed E-state index contributed by atoms with van der Waals surface area (Å²) in [7, 11) is 0. The highest BCUT2D eigenvalue weighted by atomic mass is 32.2. The van der Waals surface area contributed by atoms with Gasteiger partial charge in [-0.05, 0) is 18.1 Å². The molecule has 1 aromatic carbocycles. The number of amides is 1. The quantitative estimate of drug-likeness (QED) is 0.709. The lowest BCUT2D eigenvalue weighted by atomic mass is 9.98. The number of carbonyl (C=O) groups excluding carboxylic acids is 1. The SMILES string of the molecule is CC(Cc1cccc(C(F)(F)F)c1)C(=O)NCCSCC(=O)O. The molecule has 1 amide bonds. The zero-order chi connectivity index (χ0) is 17.5. The van der Waals surface area contributed by atoms with Crippen LogP contribution in [-0.4, -0.2) is 35.0 Å². The first-order valence-corrected chi connectivity index (χ1v) is 8.09. The molecule has 2 N–H and O–H groups in total. The van der Waals surface area contributed by atoms with E-state index >= 15 is 0 Å². The van der Waals surface area contributed by atoms with Gasteiger partial charge in [-0.3, -0.25) is 9.59 Å². The fourth-order valence-electron chi connectivity index (χ4n) is 1.90. The summed E-state index contributed by atoms with van der Waals surface area (Å²) in [6.07, 6.45) is -4.19. The molecule has 1 aromatic rings. The molecule has 0 heterocycles. The summed E-state index contributed by atoms with van der Waals surface area (Å²) in [5.74, 6) is -1.22. The maximum Gasteiger partial charge on any atom is 0.416 e. The van der Waals surface area contributed by atoms with Crippen molar-refractivity contribution in [2.75, 3.05) is 18.1 Å². The van der Waals surface area contributed by atoms with Crippen LogP contribution in [0.25, 0.3) is 0 Å². The summed E-state index contributed by atoms with van der Waals surface area (Å²) in [4.78, 5) is 22.2. The van der Waals surface area contributed by atoms with E-state index in [1.165, 1.54) is 17.8 Å². The number of hydrogen-bond donors (Lipinski definition) is 2. The van der Waals surface area contributed by atoms with Crippen molar-refractivity contribution in [3.63, 3.8) is 0 Å². The van der Waals surface area contributed by atoms with Crippen LogP contribution in [0.1, 0.15) is 18.1 Å². The summed E-state index contributed by atoms with van der Waals surface area (Å²) in [6.45, 7) is 1.96. The number of carboxylic acids is 1. The Bertz CT molecular complexity index is 549. The Labute approximate surface area is 136 Å². The van der Waals surface area contributed by atoms with Gasteiger partial charge in [-0.1, -0.05) is 25.1 Å². The molecule has 0 fully saturated rings. The van der Waals surface area contributed by atoms with Crippen LogP contribution in [0, 0.1) is 5.92 Å². The average Bonchev–Trinajstić information content (AvgIpc) is 2.45. The Morgan fingerprint density at radius 1 is 1.35 bits per heavy atom. The fraction of sp³-hybridized carbons (Fsp3) is 0.467. The molecule has 128 valence electrons. The molecule has 1 rings (SSSR count). The molecule has 0 radical (unpaired) electrons. The van der Waals surface area contributed by atoms with E-state index in [2.05, 4.69) is 5.32 Å². The normalized spacial score (nSPS) is 12.7. The Hall–Kier alpha value is -1.70. The zero-order valence-electron chi connectivity index (χ0n) is 12.5. The average molecular weight is 349 g/mol. The number of nitrogens with one attached hydrogen (secondary N) is 1. The highest BCUT2D eigenvalue weighted by Gasteiger charge is 2.30. The van der Waals surface area contributed by atoms with E-state index in [-0.39, 0.29) is 18.1 Å². The van der Waals surface area contributed by atoms with Gasteiger partial charge in [-0.25, -0.2) is 0 Å². The van der Waals surface area contributed by atoms with Crippen LogP contribution in [0.4, 0.5) is 13.2 Å². The third-order valence-corrected chi connectivity index (χ3v) is 3.96. The number of benzene rings is 1. The van der Waals surface area contributed by atoms with Gasteiger partial charge >= 0.3 is 12.1 Å². The van der Waals surface area contributed by atoms with Crippen LogP contribution >= 0.6 is 11.8 Å². The summed E-state index contributed by atoms with van der Waals surface area (Å²) in [6, 6.07) is 4.92. The summed E-state index contributed by atoms with van der Waals surface area (Å²) in [5.41, 5.74) is -0.282. The van der Waals surface area contributed by atoms with Crippen molar-refractivity contribution in [3.8, 4) is 0 Å². The lowest BCUT2D eigenvalue weighted by molar-refractivity contribution is -0.137. The van der Waals surface area contributed by atoms with Gasteiger partial charge in [0, 0.05) is 18.2 Å². The lowest BCUT2D eigenvalue weighted by Gasteiger charge is -2.13. The van der Waals surface area contributed by atoms with Crippen LogP contribution in [0.5, 0.6) is 0 Å². The van der Waals surface area contributed by atoms with Crippen molar-refractivity contribution in [2.24, 2.45) is 5.92 Å². The van der Waals surface area contributed by atoms with Gasteiger partial charge in [0.1, 0.15) is 0 Å². The Morgan fingerprint density at radius 3 is 2.65 bits per heavy atom. The second-order valence-electron chi connectivity index (χ2n) is 5.04. The van der Waals surface area contributed by atoms with Crippen LogP contribution in [0.2, 0.25) is 0 Å². The van der Waals surface area contributed by atoms with E-state index in [9.17, 15) is 22.8 Å². The molecule has 0 aliphatic carbocycles. The molecule has 0 aliphatic rings. The molecule has 0 aliphatic heterocycles. The molecule has 23 heavy (non-hydrogen) atoms. The molecule has 0 saturated carbocycles. The van der Waals surface area contributed by atoms with Crippen molar-refractivity contribution >= 4 is 23.6 Å². The number of halogens is 3. The molecule has 4 nitrogen and oxygen atoms in total. The van der Waals surface area contributed by atoms with Gasteiger partial charge in [0.2, 0.25) is 5.91 Å². The third-order valence-electron chi connectivity index (χ3n) is 3.01. The van der Waals surface area contributed by atoms with E-state index in [4.69, 9.17) is 5.11 Å². The van der Waals surface area contributed by atoms with E-state index in [0.29, 0.717) is 17.9 Å². The lowest BCUT2D eigenvalue weighted by Crippen LogP contribution is -2.32. The van der Waals surface area contributed by atoms with Crippen molar-refractivity contribution in [2.45, 2.75) is 19.5 Å². The number of alkyl halides is 3. The Kier molecular flexibility index (Phi) is 7.41. The van der Waals surface area contributed by atoms with E-state index in [0.717, 1.165) is 12.1 Å². The van der Waals surface area contributed by atoms with Gasteiger partial charge in [0.15, 0.2) is 0 Å². The smallest absolute Gasteiger partial charge is 0.416 e. The van der Waals surface area contributed by atoms with Crippen molar-refractivity contribution in [1.82, 2.24) is 5.32 Å². The third kappa shape index (κ3) is 7.40. The molecule has 0 saturated heterocycles. The number of hydrogen-bond acceptors (Lipinski definition) is 3. The Balaban J connectivity index is 2.44. The van der Waals surface area contributed by atoms with Gasteiger partial charge in [-0.2, -0.15) is 13.2 Å². The second-order valence-corrected chi connectivity index (χ2v) is 6.15. The van der Waals surface area contributed by atoms with Crippen molar-refractivity contribution in [1.29, 1.82) is 0 Å². The summed E-state index contributed by atoms with van der Waals surface area (Å²) in [5, 5.41) is 11.1. The molecular weight excluding hydrogens is 331 g/mol. The van der Waals surface area contributed by atoms with Crippen LogP contribution in [-0.2, 0) is 22.2 Å². The van der Waals surface area contributed by atoms with Gasteiger partial charge in [0.25, 0.3) is 0 Å². The minimum absolute atomic E-state index is 0.0321. The number of thioether (sulfide) groups is 1. The molecule has 0 bridgehead atoms. The molecule has 0 spiro atoms. The van der Waals surface area contributed by atoms with Crippen molar-refractivity contribution < 1.29 is 27.9 Å². The topological polar surface area (TPSA) is 66.4 Å². The first kappa shape index (κ1) is 19.3. The monoisotopic (exact) mass is 349 g/mol. The Morgan fingerprint density at radius 2 is 2.04 bits per heavy atom. The van der Waals surface area contributed by atoms with Gasteiger partial charge in [0.05, 0.1) is 11.3 Å². The van der Waals surface area contributed by atoms with E-state index in [1.807, 2.05) is 0 Å². The summed E-state index contributed by atoms with van der Waals surface area (Å²) >= 11 is 1.18. The number of carbonyl (C=O) groups is 2. The molecular formula is C15H18F3NO3S. The van der Waals surface area contributed by atoms with Gasteiger partial charge in [-0.15, -0.1) is 11.8 Å². The van der Waals surface area contributed by atoms with Crippen molar-refractivity contribution in [3.05, 3.63) is 35.4 Å². The second kappa shape index (κ2) is 8.81. The van der Waals surface area contributed by atoms with Crippen LogP contribution in [0.3, 0.4) is 0 Å². The highest BCUT2D eigenvalue weighted by molar-refractivity contribution is 7.99. The van der Waals surface area contributed by atoms with Crippen LogP contribution < -0.4 is 5.32 Å². The maximum atomic E-state index is 12.6. The highest BCUT2D eigenvalue weighted by Crippen LogP contribution is 2.29. The van der Waals surface area contributed by atoms with Crippen LogP contribution in [0.15, 0.2) is 24.3 Å². The first-order valence-electron chi connectivity index (χ1n) is 6.93. The molecule has 1 unspecified atom stereocenters. The minimum Gasteiger partial charge on any atom is -0.481 e. The molecule has 1 atom stereocenters. The van der Waals surface area contributed by atoms with Gasteiger partial charge < -0.3 is 10.4 Å². The maximum absolute atomic E-state index is 12.6. The van der Waals surface area contributed by atoms with E-state index < -0.39 is 23.6 Å². The standard InChI is InChI=1S/C15H18F3NO3S/c1-10(14(22)19-5-6-23-9-13(20)21)7-11-3-2-4-12(8-11)15(16,17)18/h2-4,8,10H,5-7,9H2,1H3,(H,19,22)(H,20,21). The predicted octanol–water partition coefficient (Wildman–Crippen LogP) is 2.82. The van der Waals surface area contributed by atoms with E-state index in [1.54, 1.807) is 13.0 Å². The summed E-state index contributed by atoms with van der Waals surface area (Å²) < 4.78 is 37.9. The number of aliphatic carboxylic acids is 1. The number of carboxylic acid groups (broad SMARTS) is 1. The number of rotatable bonds is 8. The predicted molar refractivity (Wildman–Crippen MR) is 82.3 cm³/mol. The fourth-order valence-corrected chi connectivity index (χ4v) is 2.47. The minimum atomic E-state index is -4.40. The molecule has 8 heteroatoms. The largest absolute Gasteiger partial charge is 0.481 e. The first-order chi connectivity index (χ1) is 10.7. The zero-order valence-corrected chi connectivity index (χ0v) is 13.3. The molecule has 0 aromatic heterocycles.